The first-order valence-corrected chi connectivity index (χ1v) is 11.3. The van der Waals surface area contributed by atoms with Crippen LogP contribution in [0.1, 0.15) is 48.8 Å². The molecule has 2 heterocycles. The zero-order valence-corrected chi connectivity index (χ0v) is 19.5. The standard InChI is InChI=1S/C25H32N4O4/c1-4-29(21-7-9-33-10-8-21)23-6-5-18(19(16-32-3)13-25(30)31)12-22(23)28-24-11-17(2)20(14-26)15-27-24/h5-6,11-12,15,19,21H,4,7-10,13,16H2,1-3H3,(H,27,28)(H,30,31)/t19-/m1/s1. The van der Waals surface area contributed by atoms with E-state index in [1.807, 2.05) is 25.1 Å². The maximum absolute atomic E-state index is 11.4. The summed E-state index contributed by atoms with van der Waals surface area (Å²) in [6.07, 6.45) is 3.46. The van der Waals surface area contributed by atoms with Crippen LogP contribution in [0.3, 0.4) is 0 Å². The van der Waals surface area contributed by atoms with Gasteiger partial charge in [-0.1, -0.05) is 6.07 Å². The highest BCUT2D eigenvalue weighted by Crippen LogP contribution is 2.35. The molecule has 0 radical (unpaired) electrons. The maximum Gasteiger partial charge on any atom is 0.304 e. The highest BCUT2D eigenvalue weighted by molar-refractivity contribution is 5.76. The van der Waals surface area contributed by atoms with E-state index in [4.69, 9.17) is 9.47 Å². The number of rotatable bonds is 10. The van der Waals surface area contributed by atoms with Crippen LogP contribution < -0.4 is 10.2 Å². The lowest BCUT2D eigenvalue weighted by Gasteiger charge is -2.36. The van der Waals surface area contributed by atoms with Crippen molar-refractivity contribution in [1.29, 1.82) is 5.26 Å². The third-order valence-corrected chi connectivity index (χ3v) is 6.06. The Morgan fingerprint density at radius 1 is 1.39 bits per heavy atom. The SMILES string of the molecule is CCN(c1ccc([C@@H](COC)CC(=O)O)cc1Nc1cc(C)c(C#N)cn1)C1CCOCC1. The zero-order chi connectivity index (χ0) is 23.8. The van der Waals surface area contributed by atoms with Crippen molar-refractivity contribution in [2.45, 2.75) is 45.1 Å². The van der Waals surface area contributed by atoms with Crippen molar-refractivity contribution in [3.05, 3.63) is 47.2 Å². The van der Waals surface area contributed by atoms with Crippen LogP contribution in [0.4, 0.5) is 17.2 Å². The van der Waals surface area contributed by atoms with Gasteiger partial charge >= 0.3 is 5.97 Å². The van der Waals surface area contributed by atoms with Gasteiger partial charge in [-0.15, -0.1) is 0 Å². The van der Waals surface area contributed by atoms with Gasteiger partial charge in [0, 0.05) is 45.0 Å². The van der Waals surface area contributed by atoms with E-state index in [0.29, 0.717) is 24.0 Å². The van der Waals surface area contributed by atoms with E-state index in [0.717, 1.165) is 55.1 Å². The molecule has 1 saturated heterocycles. The van der Waals surface area contributed by atoms with Gasteiger partial charge in [0.1, 0.15) is 11.9 Å². The molecule has 0 amide bonds. The number of aromatic nitrogens is 1. The monoisotopic (exact) mass is 452 g/mol. The largest absolute Gasteiger partial charge is 0.481 e. The van der Waals surface area contributed by atoms with Crippen LogP contribution in [0.25, 0.3) is 0 Å². The number of nitrogens with zero attached hydrogens (tertiary/aromatic N) is 3. The van der Waals surface area contributed by atoms with Crippen LogP contribution >= 0.6 is 0 Å². The molecule has 2 N–H and O–H groups in total. The number of anilines is 3. The van der Waals surface area contributed by atoms with Crippen LogP contribution in [-0.2, 0) is 14.3 Å². The Morgan fingerprint density at radius 3 is 2.76 bits per heavy atom. The molecule has 1 aromatic carbocycles. The van der Waals surface area contributed by atoms with Gasteiger partial charge < -0.3 is 24.8 Å². The number of nitriles is 1. The minimum absolute atomic E-state index is 0.0156. The second kappa shape index (κ2) is 11.6. The number of methoxy groups -OCH3 is 1. The van der Waals surface area contributed by atoms with E-state index in [9.17, 15) is 15.2 Å². The fourth-order valence-electron chi connectivity index (χ4n) is 4.34. The van der Waals surface area contributed by atoms with E-state index >= 15 is 0 Å². The molecule has 0 spiro atoms. The molecule has 2 aromatic rings. The zero-order valence-electron chi connectivity index (χ0n) is 19.5. The molecule has 1 atom stereocenters. The lowest BCUT2D eigenvalue weighted by atomic mass is 9.95. The molecule has 0 saturated carbocycles. The molecule has 8 heteroatoms. The van der Waals surface area contributed by atoms with E-state index in [2.05, 4.69) is 34.3 Å². The molecule has 176 valence electrons. The van der Waals surface area contributed by atoms with E-state index in [-0.39, 0.29) is 12.3 Å². The number of ether oxygens (including phenoxy) is 2. The molecule has 0 aliphatic carbocycles. The number of aliphatic carboxylic acids is 1. The average molecular weight is 453 g/mol. The first-order valence-electron chi connectivity index (χ1n) is 11.3. The van der Waals surface area contributed by atoms with E-state index in [1.54, 1.807) is 13.3 Å². The lowest BCUT2D eigenvalue weighted by Crippen LogP contribution is -2.39. The Bertz CT molecular complexity index is 998. The number of carbonyl (C=O) groups is 1. The van der Waals surface area contributed by atoms with Crippen LogP contribution in [0.5, 0.6) is 0 Å². The maximum atomic E-state index is 11.4. The highest BCUT2D eigenvalue weighted by Gasteiger charge is 2.24. The predicted molar refractivity (Wildman–Crippen MR) is 127 cm³/mol. The Morgan fingerprint density at radius 2 is 2.15 bits per heavy atom. The lowest BCUT2D eigenvalue weighted by molar-refractivity contribution is -0.137. The minimum atomic E-state index is -0.864. The number of benzene rings is 1. The second-order valence-electron chi connectivity index (χ2n) is 8.28. The topological polar surface area (TPSA) is 108 Å². The molecule has 1 aromatic heterocycles. The first-order chi connectivity index (χ1) is 16.0. The van der Waals surface area contributed by atoms with Crippen molar-refractivity contribution in [3.8, 4) is 6.07 Å². The number of carboxylic acid groups (broad SMARTS) is 1. The number of nitrogens with one attached hydrogen (secondary N) is 1. The molecular weight excluding hydrogens is 420 g/mol. The normalized spacial score (nSPS) is 15.0. The summed E-state index contributed by atoms with van der Waals surface area (Å²) in [7, 11) is 1.58. The molecule has 33 heavy (non-hydrogen) atoms. The summed E-state index contributed by atoms with van der Waals surface area (Å²) in [5, 5.41) is 22.0. The number of pyridine rings is 1. The Hall–Kier alpha value is -3.15. The van der Waals surface area contributed by atoms with Crippen LogP contribution in [0.2, 0.25) is 0 Å². The summed E-state index contributed by atoms with van der Waals surface area (Å²) in [6.45, 7) is 6.64. The van der Waals surface area contributed by atoms with Gasteiger partial charge in [-0.25, -0.2) is 4.98 Å². The van der Waals surface area contributed by atoms with Crippen molar-refractivity contribution in [1.82, 2.24) is 4.98 Å². The fourth-order valence-corrected chi connectivity index (χ4v) is 4.34. The Labute approximate surface area is 195 Å². The molecule has 3 rings (SSSR count). The summed E-state index contributed by atoms with van der Waals surface area (Å²) in [6, 6.07) is 10.4. The fraction of sp³-hybridized carbons (Fsp3) is 0.480. The van der Waals surface area contributed by atoms with Crippen molar-refractivity contribution in [2.75, 3.05) is 43.7 Å². The van der Waals surface area contributed by atoms with Crippen LogP contribution in [0, 0.1) is 18.3 Å². The highest BCUT2D eigenvalue weighted by atomic mass is 16.5. The quantitative estimate of drug-likeness (QED) is 0.552. The summed E-state index contributed by atoms with van der Waals surface area (Å²) in [5.41, 5.74) is 4.15. The Kier molecular flexibility index (Phi) is 8.64. The molecule has 1 fully saturated rings. The van der Waals surface area contributed by atoms with Crippen molar-refractivity contribution in [3.63, 3.8) is 0 Å². The summed E-state index contributed by atoms with van der Waals surface area (Å²) >= 11 is 0. The second-order valence-corrected chi connectivity index (χ2v) is 8.28. The van der Waals surface area contributed by atoms with Gasteiger partial charge in [0.05, 0.1) is 30.0 Å². The Balaban J connectivity index is 2.02. The number of carboxylic acids is 1. The average Bonchev–Trinajstić information content (AvgIpc) is 2.81. The van der Waals surface area contributed by atoms with Gasteiger partial charge in [0.2, 0.25) is 0 Å². The first kappa shape index (κ1) is 24.5. The van der Waals surface area contributed by atoms with Crippen molar-refractivity contribution >= 4 is 23.2 Å². The molecule has 0 bridgehead atoms. The van der Waals surface area contributed by atoms with E-state index < -0.39 is 5.97 Å². The molecule has 0 unspecified atom stereocenters. The summed E-state index contributed by atoms with van der Waals surface area (Å²) in [5.74, 6) is -0.497. The summed E-state index contributed by atoms with van der Waals surface area (Å²) in [4.78, 5) is 18.2. The van der Waals surface area contributed by atoms with Gasteiger partial charge in [-0.2, -0.15) is 5.26 Å². The number of hydrogen-bond acceptors (Lipinski definition) is 7. The minimum Gasteiger partial charge on any atom is -0.481 e. The summed E-state index contributed by atoms with van der Waals surface area (Å²) < 4.78 is 10.9. The van der Waals surface area contributed by atoms with Crippen LogP contribution in [-0.4, -0.2) is 55.6 Å². The van der Waals surface area contributed by atoms with Gasteiger partial charge in [-0.3, -0.25) is 4.79 Å². The van der Waals surface area contributed by atoms with E-state index in [1.165, 1.54) is 0 Å². The van der Waals surface area contributed by atoms with Crippen molar-refractivity contribution < 1.29 is 19.4 Å². The van der Waals surface area contributed by atoms with Gasteiger partial charge in [0.25, 0.3) is 0 Å². The molecule has 8 nitrogen and oxygen atoms in total. The smallest absolute Gasteiger partial charge is 0.304 e. The van der Waals surface area contributed by atoms with Crippen LogP contribution in [0.15, 0.2) is 30.5 Å². The molecule has 1 aliphatic rings. The third-order valence-electron chi connectivity index (χ3n) is 6.06. The van der Waals surface area contributed by atoms with Gasteiger partial charge in [0.15, 0.2) is 0 Å². The predicted octanol–water partition coefficient (Wildman–Crippen LogP) is 4.22. The molecular formula is C25H32N4O4. The number of aryl methyl sites for hydroxylation is 1. The van der Waals surface area contributed by atoms with Crippen molar-refractivity contribution in [2.24, 2.45) is 0 Å². The number of hydrogen-bond donors (Lipinski definition) is 2. The third kappa shape index (κ3) is 6.21. The molecule has 1 aliphatic heterocycles. The van der Waals surface area contributed by atoms with Gasteiger partial charge in [-0.05, 0) is 56.0 Å².